The van der Waals surface area contributed by atoms with Crippen molar-refractivity contribution in [2.75, 3.05) is 6.54 Å². The number of nitrogens with zero attached hydrogens (tertiary/aromatic N) is 5. The van der Waals surface area contributed by atoms with Crippen LogP contribution in [0.3, 0.4) is 0 Å². The summed E-state index contributed by atoms with van der Waals surface area (Å²) in [6, 6.07) is 0.573. The van der Waals surface area contributed by atoms with Gasteiger partial charge in [0.25, 0.3) is 0 Å². The third-order valence-corrected chi connectivity index (χ3v) is 4.94. The molecule has 5 nitrogen and oxygen atoms in total. The molecule has 1 fully saturated rings. The highest BCUT2D eigenvalue weighted by atomic mass is 32.1. The summed E-state index contributed by atoms with van der Waals surface area (Å²) in [5.74, 6) is 0. The van der Waals surface area contributed by atoms with Gasteiger partial charge in [-0.1, -0.05) is 0 Å². The number of fused-ring (bicyclic) bond motifs is 1. The van der Waals surface area contributed by atoms with Crippen LogP contribution >= 0.6 is 11.3 Å². The monoisotopic (exact) mass is 301 g/mol. The fraction of sp³-hybridized carbons (Fsp3) is 0.467. The van der Waals surface area contributed by atoms with Crippen molar-refractivity contribution in [3.8, 4) is 0 Å². The predicted molar refractivity (Wildman–Crippen MR) is 83.5 cm³/mol. The van der Waals surface area contributed by atoms with Gasteiger partial charge < -0.3 is 0 Å². The summed E-state index contributed by atoms with van der Waals surface area (Å²) in [4.78, 5) is 8.33. The van der Waals surface area contributed by atoms with Crippen molar-refractivity contribution in [2.24, 2.45) is 0 Å². The highest BCUT2D eigenvalue weighted by Gasteiger charge is 2.25. The molecule has 3 aromatic heterocycles. The number of hydrogen-bond acceptors (Lipinski definition) is 4. The topological polar surface area (TPSA) is 38.4 Å². The van der Waals surface area contributed by atoms with E-state index in [2.05, 4.69) is 50.0 Å². The van der Waals surface area contributed by atoms with Gasteiger partial charge in [-0.3, -0.25) is 14.0 Å². The number of hydrogen-bond donors (Lipinski definition) is 0. The minimum atomic E-state index is 0.573. The Labute approximate surface area is 127 Å². The second kappa shape index (κ2) is 5.27. The smallest absolute Gasteiger partial charge is 0.193 e. The van der Waals surface area contributed by atoms with Crippen molar-refractivity contribution < 1.29 is 0 Å². The molecular weight excluding hydrogens is 282 g/mol. The van der Waals surface area contributed by atoms with Crippen molar-refractivity contribution in [3.63, 3.8) is 0 Å². The fourth-order valence-electron chi connectivity index (χ4n) is 3.15. The van der Waals surface area contributed by atoms with Crippen LogP contribution < -0.4 is 0 Å². The Bertz CT molecular complexity index is 712. The highest BCUT2D eigenvalue weighted by Crippen LogP contribution is 2.22. The molecule has 0 amide bonds. The Hall–Kier alpha value is -1.66. The van der Waals surface area contributed by atoms with E-state index in [1.807, 2.05) is 6.20 Å². The van der Waals surface area contributed by atoms with Crippen LogP contribution in [0, 0.1) is 6.92 Å². The first kappa shape index (κ1) is 13.0. The maximum atomic E-state index is 4.70. The van der Waals surface area contributed by atoms with E-state index in [1.165, 1.54) is 24.1 Å². The van der Waals surface area contributed by atoms with Crippen molar-refractivity contribution in [2.45, 2.75) is 38.9 Å². The molecule has 110 valence electrons. The molecular formula is C15H19N5S. The summed E-state index contributed by atoms with van der Waals surface area (Å²) < 4.78 is 4.19. The average molecular weight is 301 g/mol. The number of thiazole rings is 1. The van der Waals surface area contributed by atoms with Crippen molar-refractivity contribution in [1.29, 1.82) is 0 Å². The van der Waals surface area contributed by atoms with Gasteiger partial charge in [-0.2, -0.15) is 5.10 Å². The van der Waals surface area contributed by atoms with Crippen LogP contribution in [0.5, 0.6) is 0 Å². The molecule has 4 heterocycles. The van der Waals surface area contributed by atoms with Crippen LogP contribution in [0.4, 0.5) is 0 Å². The van der Waals surface area contributed by atoms with E-state index in [4.69, 9.17) is 4.98 Å². The molecule has 6 heteroatoms. The van der Waals surface area contributed by atoms with Gasteiger partial charge >= 0.3 is 0 Å². The van der Waals surface area contributed by atoms with E-state index in [1.54, 1.807) is 11.3 Å². The summed E-state index contributed by atoms with van der Waals surface area (Å²) in [7, 11) is 0. The zero-order valence-corrected chi connectivity index (χ0v) is 13.0. The number of likely N-dealkylation sites (tertiary alicyclic amines) is 1. The molecule has 0 spiro atoms. The first-order valence-corrected chi connectivity index (χ1v) is 8.30. The number of aromatic nitrogens is 4. The SMILES string of the molecule is Cc1cnn(CC2CCCN2Cc2cn3ccsc3n2)c1. The van der Waals surface area contributed by atoms with E-state index in [0.29, 0.717) is 6.04 Å². The maximum Gasteiger partial charge on any atom is 0.193 e. The average Bonchev–Trinajstić information content (AvgIpc) is 3.17. The van der Waals surface area contributed by atoms with Gasteiger partial charge in [0.1, 0.15) is 0 Å². The maximum absolute atomic E-state index is 4.70. The third kappa shape index (κ3) is 2.61. The van der Waals surface area contributed by atoms with Crippen LogP contribution in [-0.4, -0.2) is 36.7 Å². The van der Waals surface area contributed by atoms with Gasteiger partial charge in [0.2, 0.25) is 0 Å². The Balaban J connectivity index is 1.47. The molecule has 0 aliphatic carbocycles. The van der Waals surface area contributed by atoms with Crippen molar-refractivity contribution in [1.82, 2.24) is 24.1 Å². The second-order valence-electron chi connectivity index (χ2n) is 5.83. The molecule has 1 unspecified atom stereocenters. The van der Waals surface area contributed by atoms with Gasteiger partial charge in [-0.15, -0.1) is 11.3 Å². The molecule has 0 bridgehead atoms. The van der Waals surface area contributed by atoms with Gasteiger partial charge in [0.15, 0.2) is 4.96 Å². The molecule has 1 aliphatic rings. The normalized spacial score (nSPS) is 19.8. The Morgan fingerprint density at radius 2 is 2.33 bits per heavy atom. The van der Waals surface area contributed by atoms with Gasteiger partial charge in [-0.05, 0) is 31.9 Å². The number of aryl methyl sites for hydroxylation is 1. The molecule has 21 heavy (non-hydrogen) atoms. The Morgan fingerprint density at radius 1 is 1.38 bits per heavy atom. The molecule has 3 aromatic rings. The highest BCUT2D eigenvalue weighted by molar-refractivity contribution is 7.15. The third-order valence-electron chi connectivity index (χ3n) is 4.17. The summed E-state index contributed by atoms with van der Waals surface area (Å²) in [6.45, 7) is 5.18. The fourth-order valence-corrected chi connectivity index (χ4v) is 3.87. The second-order valence-corrected chi connectivity index (χ2v) is 6.70. The molecule has 1 aliphatic heterocycles. The lowest BCUT2D eigenvalue weighted by Gasteiger charge is -2.23. The summed E-state index contributed by atoms with van der Waals surface area (Å²) in [5, 5.41) is 6.49. The lowest BCUT2D eigenvalue weighted by molar-refractivity contribution is 0.217. The van der Waals surface area contributed by atoms with Crippen molar-refractivity contribution in [3.05, 3.63) is 41.4 Å². The molecule has 0 aromatic carbocycles. The standard InChI is InChI=1S/C15H19N5S/c1-12-7-16-20(8-12)11-14-3-2-4-18(14)9-13-10-19-5-6-21-15(19)17-13/h5-8,10,14H,2-4,9,11H2,1H3. The molecule has 4 rings (SSSR count). The van der Waals surface area contributed by atoms with Gasteiger partial charge in [-0.25, -0.2) is 4.98 Å². The Morgan fingerprint density at radius 3 is 3.14 bits per heavy atom. The van der Waals surface area contributed by atoms with Crippen molar-refractivity contribution >= 4 is 16.3 Å². The lowest BCUT2D eigenvalue weighted by Crippen LogP contribution is -2.32. The van der Waals surface area contributed by atoms with Crippen LogP contribution in [0.1, 0.15) is 24.1 Å². The Kier molecular flexibility index (Phi) is 3.27. The van der Waals surface area contributed by atoms with Crippen LogP contribution in [0.15, 0.2) is 30.2 Å². The van der Waals surface area contributed by atoms with Crippen LogP contribution in [-0.2, 0) is 13.1 Å². The van der Waals surface area contributed by atoms with Crippen LogP contribution in [0.2, 0.25) is 0 Å². The van der Waals surface area contributed by atoms with Gasteiger partial charge in [0, 0.05) is 36.6 Å². The zero-order valence-electron chi connectivity index (χ0n) is 12.1. The molecule has 0 saturated carbocycles. The zero-order chi connectivity index (χ0) is 14.2. The van der Waals surface area contributed by atoms with Crippen LogP contribution in [0.25, 0.3) is 4.96 Å². The number of rotatable bonds is 4. The molecule has 0 N–H and O–H groups in total. The predicted octanol–water partition coefficient (Wildman–Crippen LogP) is 2.57. The molecule has 0 radical (unpaired) electrons. The van der Waals surface area contributed by atoms with Gasteiger partial charge in [0.05, 0.1) is 18.4 Å². The summed E-state index contributed by atoms with van der Waals surface area (Å²) in [6.07, 6.45) is 10.8. The quantitative estimate of drug-likeness (QED) is 0.743. The molecule has 1 atom stereocenters. The lowest BCUT2D eigenvalue weighted by atomic mass is 10.2. The first-order chi connectivity index (χ1) is 10.3. The van der Waals surface area contributed by atoms with E-state index in [9.17, 15) is 0 Å². The van der Waals surface area contributed by atoms with E-state index in [0.717, 1.165) is 24.6 Å². The largest absolute Gasteiger partial charge is 0.297 e. The summed E-state index contributed by atoms with van der Waals surface area (Å²) in [5.41, 5.74) is 2.40. The minimum absolute atomic E-state index is 0.573. The number of imidazole rings is 1. The minimum Gasteiger partial charge on any atom is -0.297 e. The first-order valence-electron chi connectivity index (χ1n) is 7.42. The van der Waals surface area contributed by atoms with E-state index >= 15 is 0 Å². The van der Waals surface area contributed by atoms with E-state index < -0.39 is 0 Å². The summed E-state index contributed by atoms with van der Waals surface area (Å²) >= 11 is 1.69. The van der Waals surface area contributed by atoms with E-state index in [-0.39, 0.29) is 0 Å². The molecule has 1 saturated heterocycles.